The second-order valence-corrected chi connectivity index (χ2v) is 115. The molecule has 2 aromatic carbocycles. The Bertz CT molecular complexity index is 2810. The van der Waals surface area contributed by atoms with Gasteiger partial charge in [-0.15, -0.1) is 0 Å². The first-order valence-electron chi connectivity index (χ1n) is 36.7. The van der Waals surface area contributed by atoms with E-state index in [1.165, 1.54) is 0 Å². The minimum absolute atomic E-state index is 0.345. The highest BCUT2D eigenvalue weighted by Crippen LogP contribution is 2.37. The third kappa shape index (κ3) is 43.2. The monoisotopic (exact) mass is 1810 g/mol. The van der Waals surface area contributed by atoms with Crippen LogP contribution in [-0.2, 0) is 95.1 Å². The molecule has 0 spiro atoms. The quantitative estimate of drug-likeness (QED) is 0.0587. The normalized spacial score (nSPS) is 15.4. The van der Waals surface area contributed by atoms with Crippen LogP contribution in [0.15, 0.2) is 48.5 Å². The number of benzene rings is 2. The Hall–Kier alpha value is 1.79. The van der Waals surface area contributed by atoms with E-state index in [1.54, 1.807) is 12.1 Å². The van der Waals surface area contributed by atoms with Crippen molar-refractivity contribution in [3.8, 4) is 11.5 Å². The molecule has 0 aliphatic heterocycles. The van der Waals surface area contributed by atoms with Crippen molar-refractivity contribution in [3.05, 3.63) is 59.7 Å². The lowest BCUT2D eigenvalue weighted by Crippen LogP contribution is -2.63. The molecule has 0 heterocycles. The molecule has 0 fully saturated rings. The highest BCUT2D eigenvalue weighted by Gasteiger charge is 2.55. The van der Waals surface area contributed by atoms with Crippen LogP contribution in [0.25, 0.3) is 0 Å². The Labute approximate surface area is 650 Å². The van der Waals surface area contributed by atoms with Gasteiger partial charge >= 0.3 is 163 Å². The Morgan fingerprint density at radius 1 is 0.184 bits per heavy atom. The van der Waals surface area contributed by atoms with Gasteiger partial charge in [0.15, 0.2) is 16.6 Å². The number of para-hydroxylation sites is 2. The molecule has 604 valence electrons. The van der Waals surface area contributed by atoms with E-state index in [0.29, 0.717) is 11.5 Å². The largest absolute Gasteiger partial charge is 0.508 e. The van der Waals surface area contributed by atoms with Crippen LogP contribution in [0, 0.1) is 0 Å². The zero-order chi connectivity index (χ0) is 80.9. The average Bonchev–Trinajstić information content (AvgIpc) is 0.815. The number of phenolic OH excluding ortho intramolecular Hbond substituents is 2. The maximum atomic E-state index is 10.3. The number of hydrogen-bond donors (Lipinski definition) is 2. The molecule has 2 rings (SSSR count). The van der Waals surface area contributed by atoms with Gasteiger partial charge in [-0.1, -0.05) is 36.4 Å². The van der Waals surface area contributed by atoms with Crippen molar-refractivity contribution in [1.29, 1.82) is 0 Å². The van der Waals surface area contributed by atoms with E-state index in [9.17, 15) is 10.2 Å². The molecule has 2 N–H and O–H groups in total. The fourth-order valence-corrected chi connectivity index (χ4v) is 124. The van der Waals surface area contributed by atoms with Gasteiger partial charge in [-0.2, -0.15) is 0 Å². The first-order valence-corrected chi connectivity index (χ1v) is 96.4. The summed E-state index contributed by atoms with van der Waals surface area (Å²) in [5.74, 6) is 0.690. The van der Waals surface area contributed by atoms with E-state index in [2.05, 4.69) is 275 Å². The summed E-state index contributed by atoms with van der Waals surface area (Å²) < 4.78 is 139. The van der Waals surface area contributed by atoms with Gasteiger partial charge in [0, 0.05) is 0 Å². The smallest absolute Gasteiger partial charge is 0.314 e. The minimum Gasteiger partial charge on any atom is -0.508 e. The molecular formula is C60H148O22Si21. The van der Waals surface area contributed by atoms with Gasteiger partial charge in [0.1, 0.15) is 11.5 Å². The van der Waals surface area contributed by atoms with Crippen molar-refractivity contribution in [2.45, 2.75) is 313 Å². The van der Waals surface area contributed by atoms with Gasteiger partial charge in [0.05, 0.1) is 0 Å². The van der Waals surface area contributed by atoms with Crippen LogP contribution in [0.1, 0.15) is 24.0 Å². The predicted molar refractivity (Wildman–Crippen MR) is 471 cm³/mol. The van der Waals surface area contributed by atoms with Crippen LogP contribution in [0.3, 0.4) is 0 Å². The topological polar surface area (TPSA) is 225 Å². The molecule has 22 nitrogen and oxygen atoms in total. The molecule has 0 radical (unpaired) electrons. The molecule has 0 aliphatic rings. The van der Waals surface area contributed by atoms with E-state index < -0.39 is 179 Å². The molecule has 0 amide bonds. The molecule has 0 aliphatic carbocycles. The lowest BCUT2D eigenvalue weighted by atomic mass is 10.1. The van der Waals surface area contributed by atoms with Gasteiger partial charge in [-0.25, -0.2) is 0 Å². The number of rotatable bonds is 48. The van der Waals surface area contributed by atoms with Crippen LogP contribution < -0.4 is 0 Å². The summed E-state index contributed by atoms with van der Waals surface area (Å²) in [6, 6.07) is 17.0. The standard InChI is InChI=1S/C60H148O22Si21/c1-83(2,55-47-51-57-49-43-45-53-59(57)61)63-85(5,6)65-87(9,10)67-89(13,14)69-91(17,18)71-93(21,22)73-95(25,26)75-97(29,30)77-99(33,34)79-101(37,38)81-103(41,42)82-102(39,40)80-100(35,36)78-98(31,32)76-96(27,28)74-94(23,24)72-92(19,20)70-90(15,16)68-88(11,12)66-86(7,8)64-84(3,4)56-48-52-58-50-44-46-54-60(58)62/h43-46,49-50,53-54,61-62H,47-48,51-52,55-56H2,1-42H3. The van der Waals surface area contributed by atoms with Crippen LogP contribution in [0.4, 0.5) is 0 Å². The van der Waals surface area contributed by atoms with Gasteiger partial charge < -0.3 is 92.5 Å². The molecule has 103 heavy (non-hydrogen) atoms. The molecular weight excluding hydrogens is 1660 g/mol. The van der Waals surface area contributed by atoms with E-state index in [0.717, 1.165) is 48.9 Å². The van der Waals surface area contributed by atoms with Crippen LogP contribution in [0.2, 0.25) is 287 Å². The maximum Gasteiger partial charge on any atom is 0.314 e. The molecule has 0 atom stereocenters. The van der Waals surface area contributed by atoms with E-state index >= 15 is 0 Å². The Kier molecular flexibility index (Phi) is 35.6. The highest BCUT2D eigenvalue weighted by atomic mass is 28.6. The summed E-state index contributed by atoms with van der Waals surface area (Å²) in [5, 5.41) is 20.6. The van der Waals surface area contributed by atoms with Crippen molar-refractivity contribution in [3.63, 3.8) is 0 Å². The first-order chi connectivity index (χ1) is 45.1. The third-order valence-electron chi connectivity index (χ3n) is 14.3. The van der Waals surface area contributed by atoms with Crippen molar-refractivity contribution in [2.75, 3.05) is 0 Å². The number of hydrogen-bond acceptors (Lipinski definition) is 22. The zero-order valence-corrected chi connectivity index (χ0v) is 93.4. The molecule has 0 unspecified atom stereocenters. The van der Waals surface area contributed by atoms with Crippen LogP contribution in [-0.4, -0.2) is 190 Å². The Morgan fingerprint density at radius 2 is 0.301 bits per heavy atom. The third-order valence-corrected chi connectivity index (χ3v) is 96.6. The summed E-state index contributed by atoms with van der Waals surface area (Å²) in [5.41, 5.74) is 1.93. The van der Waals surface area contributed by atoms with E-state index in [4.69, 9.17) is 82.3 Å². The molecule has 0 bridgehead atoms. The summed E-state index contributed by atoms with van der Waals surface area (Å²) in [7, 11) is -58.0. The van der Waals surface area contributed by atoms with E-state index in [-0.39, 0.29) is 0 Å². The fraction of sp³-hybridized carbons (Fsp3) is 0.800. The van der Waals surface area contributed by atoms with Crippen molar-refractivity contribution < 1.29 is 92.5 Å². The molecule has 0 aromatic heterocycles. The zero-order valence-electron chi connectivity index (χ0n) is 72.4. The molecule has 43 heteroatoms. The van der Waals surface area contributed by atoms with Gasteiger partial charge in [0.25, 0.3) is 0 Å². The summed E-state index contributed by atoms with van der Waals surface area (Å²) >= 11 is 0. The maximum absolute atomic E-state index is 10.3. The summed E-state index contributed by atoms with van der Waals surface area (Å²) in [6.07, 6.45) is 3.47. The average molecular weight is 1810 g/mol. The van der Waals surface area contributed by atoms with Crippen LogP contribution in [0.5, 0.6) is 11.5 Å². The van der Waals surface area contributed by atoms with Crippen LogP contribution >= 0.6 is 0 Å². The fourth-order valence-electron chi connectivity index (χ4n) is 15.3. The first kappa shape index (κ1) is 101. The van der Waals surface area contributed by atoms with Crippen molar-refractivity contribution in [1.82, 2.24) is 0 Å². The lowest BCUT2D eigenvalue weighted by molar-refractivity contribution is 0.250. The second kappa shape index (κ2) is 36.3. The number of phenols is 2. The van der Waals surface area contributed by atoms with Gasteiger partial charge in [-0.05, 0) is 336 Å². The number of aromatic hydroxyl groups is 2. The molecule has 0 saturated carbocycles. The SMILES string of the molecule is C[Si](C)(CCCc1ccccc1O)O[Si](C)(C)O[Si](C)(C)O[Si](C)(C)O[Si](C)(C)O[Si](C)(C)O[Si](C)(C)O[Si](C)(C)O[Si](C)(C)O[Si](C)(C)O[Si](C)(C)O[Si](C)(C)O[Si](C)(C)O[Si](C)(C)O[Si](C)(C)O[Si](C)(C)O[Si](C)(C)O[Si](C)(C)O[Si](C)(C)O[Si](C)(C)O[Si](C)(C)CCCc1ccccc1O. The molecule has 0 saturated heterocycles. The number of aryl methyl sites for hydroxylation is 2. The Morgan fingerprint density at radius 3 is 0.427 bits per heavy atom. The predicted octanol–water partition coefficient (Wildman–Crippen LogP) is 19.7. The summed E-state index contributed by atoms with van der Waals surface area (Å²) in [4.78, 5) is 0. The Balaban J connectivity index is 2.02. The second-order valence-electron chi connectivity index (χ2n) is 37.1. The van der Waals surface area contributed by atoms with Gasteiger partial charge in [-0.3, -0.25) is 0 Å². The molecule has 2 aromatic rings. The summed E-state index contributed by atoms with van der Waals surface area (Å²) in [6.45, 7) is 87.6. The van der Waals surface area contributed by atoms with Crippen molar-refractivity contribution in [2.24, 2.45) is 0 Å². The van der Waals surface area contributed by atoms with E-state index in [1.807, 2.05) is 36.4 Å². The minimum atomic E-state index is -2.90. The van der Waals surface area contributed by atoms with Crippen molar-refractivity contribution >= 4 is 179 Å². The lowest BCUT2D eigenvalue weighted by Gasteiger charge is -2.45. The highest BCUT2D eigenvalue weighted by molar-refractivity contribution is 6.96. The van der Waals surface area contributed by atoms with Gasteiger partial charge in [0.2, 0.25) is 0 Å².